The normalized spacial score (nSPS) is 25.9. The number of likely N-dealkylation sites (tertiary alicyclic amines) is 1. The monoisotopic (exact) mass is 512 g/mol. The smallest absolute Gasteiger partial charge is 0.251 e. The predicted molar refractivity (Wildman–Crippen MR) is 145 cm³/mol. The Hall–Kier alpha value is -2.45. The number of hydrogen-bond acceptors (Lipinski definition) is 6. The molecule has 1 aromatic carbocycles. The van der Waals surface area contributed by atoms with Gasteiger partial charge in [0.05, 0.1) is 6.10 Å². The lowest BCUT2D eigenvalue weighted by atomic mass is 9.91. The molecule has 3 fully saturated rings. The highest BCUT2D eigenvalue weighted by Gasteiger charge is 2.54. The highest BCUT2D eigenvalue weighted by Crippen LogP contribution is 2.36. The van der Waals surface area contributed by atoms with Crippen molar-refractivity contribution in [3.8, 4) is 0 Å². The van der Waals surface area contributed by atoms with E-state index in [4.69, 9.17) is 4.74 Å². The molecule has 3 heterocycles. The molecule has 1 N–H and O–H groups in total. The number of anilines is 1. The Morgan fingerprint density at radius 1 is 1.05 bits per heavy atom. The highest BCUT2D eigenvalue weighted by molar-refractivity contribution is 5.99. The van der Waals surface area contributed by atoms with Gasteiger partial charge in [-0.2, -0.15) is 0 Å². The minimum Gasteiger partial charge on any atom is -0.369 e. The third kappa shape index (κ3) is 5.85. The van der Waals surface area contributed by atoms with Crippen LogP contribution in [-0.4, -0.2) is 91.5 Å². The third-order valence-corrected chi connectivity index (χ3v) is 8.54. The molecule has 3 aliphatic rings. The fraction of sp³-hybridized carbons (Fsp3) is 0.690. The molecule has 0 unspecified atom stereocenters. The molecule has 4 rings (SSSR count). The molecule has 3 aliphatic heterocycles. The minimum atomic E-state index is -0.691. The summed E-state index contributed by atoms with van der Waals surface area (Å²) >= 11 is 0. The predicted octanol–water partition coefficient (Wildman–Crippen LogP) is 2.81. The van der Waals surface area contributed by atoms with Crippen molar-refractivity contribution in [2.24, 2.45) is 17.8 Å². The van der Waals surface area contributed by atoms with Gasteiger partial charge in [0, 0.05) is 49.9 Å². The molecule has 37 heavy (non-hydrogen) atoms. The van der Waals surface area contributed by atoms with Crippen molar-refractivity contribution in [1.82, 2.24) is 15.1 Å². The second kappa shape index (κ2) is 11.9. The summed E-state index contributed by atoms with van der Waals surface area (Å²) in [5.74, 6) is -0.138. The maximum atomic E-state index is 13.8. The van der Waals surface area contributed by atoms with Crippen LogP contribution in [0.15, 0.2) is 24.3 Å². The number of carbonyl (C=O) groups excluding carboxylic acids is 3. The summed E-state index contributed by atoms with van der Waals surface area (Å²) in [7, 11) is 0. The number of nitrogens with zero attached hydrogens (tertiary/aromatic N) is 3. The average molecular weight is 513 g/mol. The van der Waals surface area contributed by atoms with Crippen molar-refractivity contribution in [3.63, 3.8) is 0 Å². The van der Waals surface area contributed by atoms with Gasteiger partial charge in [0.15, 0.2) is 5.78 Å². The molecule has 3 saturated heterocycles. The zero-order valence-electron chi connectivity index (χ0n) is 23.1. The number of hydrogen-bond donors (Lipinski definition) is 1. The summed E-state index contributed by atoms with van der Waals surface area (Å²) in [6.45, 7) is 16.2. The van der Waals surface area contributed by atoms with E-state index in [0.717, 1.165) is 44.8 Å². The van der Waals surface area contributed by atoms with Gasteiger partial charge in [-0.15, -0.1) is 0 Å². The first-order valence-corrected chi connectivity index (χ1v) is 14.1. The summed E-state index contributed by atoms with van der Waals surface area (Å²) in [5.41, 5.74) is 1.65. The lowest BCUT2D eigenvalue weighted by Crippen LogP contribution is -2.54. The van der Waals surface area contributed by atoms with E-state index in [1.165, 1.54) is 6.42 Å². The Balaban J connectivity index is 1.44. The fourth-order valence-electron chi connectivity index (χ4n) is 5.96. The number of amides is 2. The van der Waals surface area contributed by atoms with Gasteiger partial charge < -0.3 is 19.9 Å². The Bertz CT molecular complexity index is 957. The number of fused-ring (bicyclic) bond motifs is 1. The van der Waals surface area contributed by atoms with Gasteiger partial charge in [0.1, 0.15) is 18.7 Å². The standard InChI is InChI=1S/C29H44N4O4/c1-6-12-31-13-15-32(16-14-31)22-10-8-21(9-11-22)28(35)30-25(20(5)7-2)29(36)33-17-23(19(3)4)27-26(33)24(34)18-37-27/h8-11,19-20,23,25-27H,6-7,12-18H2,1-5H3,(H,30,35)/t20-,23-,25-,26+,27+/m0/s1. The lowest BCUT2D eigenvalue weighted by molar-refractivity contribution is -0.139. The van der Waals surface area contributed by atoms with E-state index < -0.39 is 12.1 Å². The van der Waals surface area contributed by atoms with Crippen LogP contribution >= 0.6 is 0 Å². The van der Waals surface area contributed by atoms with Crippen LogP contribution in [0.5, 0.6) is 0 Å². The van der Waals surface area contributed by atoms with Gasteiger partial charge in [0.25, 0.3) is 5.91 Å². The van der Waals surface area contributed by atoms with Gasteiger partial charge in [-0.25, -0.2) is 0 Å². The molecular formula is C29H44N4O4. The van der Waals surface area contributed by atoms with Crippen LogP contribution in [0.25, 0.3) is 0 Å². The number of ketones is 1. The topological polar surface area (TPSA) is 82.2 Å². The molecule has 8 heteroatoms. The fourth-order valence-corrected chi connectivity index (χ4v) is 5.96. The first kappa shape index (κ1) is 27.6. The second-order valence-corrected chi connectivity index (χ2v) is 11.3. The quantitative estimate of drug-likeness (QED) is 0.548. The number of ether oxygens (including phenoxy) is 1. The molecule has 0 spiro atoms. The van der Waals surface area contributed by atoms with E-state index >= 15 is 0 Å². The van der Waals surface area contributed by atoms with Gasteiger partial charge in [-0.1, -0.05) is 41.0 Å². The molecule has 1 aromatic rings. The molecule has 0 radical (unpaired) electrons. The average Bonchev–Trinajstić information content (AvgIpc) is 3.48. The number of nitrogens with one attached hydrogen (secondary N) is 1. The number of piperazine rings is 1. The van der Waals surface area contributed by atoms with Crippen molar-refractivity contribution < 1.29 is 19.1 Å². The first-order valence-electron chi connectivity index (χ1n) is 14.1. The van der Waals surface area contributed by atoms with E-state index in [-0.39, 0.29) is 42.1 Å². The SMILES string of the molecule is CCCN1CCN(c2ccc(C(=O)N[C@H](C(=O)N3C[C@@H](C(C)C)[C@H]4OCC(=O)[C@H]43)[C@@H](C)CC)cc2)CC1. The maximum Gasteiger partial charge on any atom is 0.251 e. The van der Waals surface area contributed by atoms with Crippen LogP contribution in [0.4, 0.5) is 5.69 Å². The minimum absolute atomic E-state index is 0.0400. The Morgan fingerprint density at radius 3 is 2.32 bits per heavy atom. The summed E-state index contributed by atoms with van der Waals surface area (Å²) in [6, 6.07) is 6.45. The molecule has 0 aliphatic carbocycles. The van der Waals surface area contributed by atoms with E-state index in [0.29, 0.717) is 18.0 Å². The number of benzene rings is 1. The zero-order chi connectivity index (χ0) is 26.7. The van der Waals surface area contributed by atoms with Crippen LogP contribution in [0.1, 0.15) is 57.8 Å². The zero-order valence-corrected chi connectivity index (χ0v) is 23.1. The van der Waals surface area contributed by atoms with Crippen molar-refractivity contribution in [1.29, 1.82) is 0 Å². The molecule has 5 atom stereocenters. The molecule has 0 aromatic heterocycles. The number of rotatable bonds is 9. The number of carbonyl (C=O) groups is 3. The van der Waals surface area contributed by atoms with Crippen molar-refractivity contribution in [2.75, 3.05) is 50.8 Å². The van der Waals surface area contributed by atoms with Gasteiger partial charge in [-0.3, -0.25) is 19.3 Å². The summed E-state index contributed by atoms with van der Waals surface area (Å²) < 4.78 is 5.80. The van der Waals surface area contributed by atoms with Crippen LogP contribution in [0, 0.1) is 17.8 Å². The van der Waals surface area contributed by atoms with Gasteiger partial charge in [0.2, 0.25) is 5.91 Å². The molecule has 2 amide bonds. The largest absolute Gasteiger partial charge is 0.369 e. The van der Waals surface area contributed by atoms with Crippen LogP contribution < -0.4 is 10.2 Å². The van der Waals surface area contributed by atoms with Crippen LogP contribution in [-0.2, 0) is 14.3 Å². The summed E-state index contributed by atoms with van der Waals surface area (Å²) in [4.78, 5) is 46.2. The van der Waals surface area contributed by atoms with Crippen LogP contribution in [0.3, 0.4) is 0 Å². The van der Waals surface area contributed by atoms with Crippen molar-refractivity contribution in [2.45, 2.75) is 65.6 Å². The highest BCUT2D eigenvalue weighted by atomic mass is 16.5. The summed E-state index contributed by atoms with van der Waals surface area (Å²) in [6.07, 6.45) is 1.66. The first-order chi connectivity index (χ1) is 17.7. The number of Topliss-reactive ketones (excluding diaryl/α,β-unsaturated/α-hetero) is 1. The molecule has 0 saturated carbocycles. The van der Waals surface area contributed by atoms with E-state index in [1.54, 1.807) is 4.90 Å². The Labute approximate surface area is 221 Å². The molecule has 204 valence electrons. The van der Waals surface area contributed by atoms with Crippen molar-refractivity contribution in [3.05, 3.63) is 29.8 Å². The van der Waals surface area contributed by atoms with Crippen LogP contribution in [0.2, 0.25) is 0 Å². The molecular weight excluding hydrogens is 468 g/mol. The summed E-state index contributed by atoms with van der Waals surface area (Å²) in [5, 5.41) is 3.02. The lowest BCUT2D eigenvalue weighted by Gasteiger charge is -2.36. The Morgan fingerprint density at radius 2 is 1.73 bits per heavy atom. The second-order valence-electron chi connectivity index (χ2n) is 11.3. The van der Waals surface area contributed by atoms with E-state index in [9.17, 15) is 14.4 Å². The Kier molecular flexibility index (Phi) is 8.90. The molecule has 0 bridgehead atoms. The van der Waals surface area contributed by atoms with E-state index in [1.807, 2.05) is 38.1 Å². The van der Waals surface area contributed by atoms with Crippen molar-refractivity contribution >= 4 is 23.3 Å². The van der Waals surface area contributed by atoms with Gasteiger partial charge >= 0.3 is 0 Å². The van der Waals surface area contributed by atoms with Gasteiger partial charge in [-0.05, 0) is 49.1 Å². The molecule has 8 nitrogen and oxygen atoms in total. The van der Waals surface area contributed by atoms with E-state index in [2.05, 4.69) is 35.9 Å². The maximum absolute atomic E-state index is 13.8. The third-order valence-electron chi connectivity index (χ3n) is 8.54.